The Morgan fingerprint density at radius 3 is 2.52 bits per heavy atom. The van der Waals surface area contributed by atoms with Gasteiger partial charge in [-0.15, -0.1) is 0 Å². The average molecular weight is 310 g/mol. The fourth-order valence-electron chi connectivity index (χ4n) is 4.17. The Bertz CT molecular complexity index is 779. The number of aldehydes is 1. The van der Waals surface area contributed by atoms with E-state index in [9.17, 15) is 9.18 Å². The van der Waals surface area contributed by atoms with Gasteiger partial charge in [0.1, 0.15) is 11.5 Å². The van der Waals surface area contributed by atoms with Crippen LogP contribution in [0.5, 0.6) is 0 Å². The number of benzene rings is 1. The van der Waals surface area contributed by atoms with Crippen molar-refractivity contribution < 1.29 is 9.18 Å². The molecule has 118 valence electrons. The van der Waals surface area contributed by atoms with E-state index in [1.165, 1.54) is 11.6 Å². The molecule has 1 fully saturated rings. The Hall–Kier alpha value is -2.23. The third-order valence-electron chi connectivity index (χ3n) is 5.24. The molecule has 1 heterocycles. The first kappa shape index (κ1) is 14.4. The number of nitrogens with zero attached hydrogens (tertiary/aromatic N) is 1. The molecule has 0 saturated heterocycles. The Balaban J connectivity index is 1.83. The highest BCUT2D eigenvalue weighted by Crippen LogP contribution is 2.52. The molecular weight excluding hydrogens is 291 g/mol. The zero-order valence-electron chi connectivity index (χ0n) is 13.1. The van der Waals surface area contributed by atoms with Crippen LogP contribution in [0, 0.1) is 12.7 Å². The predicted octanol–water partition coefficient (Wildman–Crippen LogP) is 4.84. The molecule has 0 unspecified atom stereocenters. The van der Waals surface area contributed by atoms with Crippen molar-refractivity contribution in [3.8, 4) is 0 Å². The number of nitrogens with one attached hydrogen (secondary N) is 1. The van der Waals surface area contributed by atoms with E-state index in [-0.39, 0.29) is 5.82 Å². The zero-order chi connectivity index (χ0) is 16.0. The number of fused-ring (bicyclic) bond motifs is 2. The van der Waals surface area contributed by atoms with Crippen LogP contribution in [0.3, 0.4) is 0 Å². The molecule has 3 aliphatic carbocycles. The third-order valence-corrected chi connectivity index (χ3v) is 5.24. The van der Waals surface area contributed by atoms with Crippen molar-refractivity contribution in [2.24, 2.45) is 0 Å². The summed E-state index contributed by atoms with van der Waals surface area (Å²) in [6.07, 6.45) is 7.09. The van der Waals surface area contributed by atoms with Crippen LogP contribution in [-0.2, 0) is 0 Å². The lowest BCUT2D eigenvalue weighted by Gasteiger charge is -2.39. The number of halogens is 1. The van der Waals surface area contributed by atoms with Gasteiger partial charge in [0.15, 0.2) is 6.29 Å². The minimum Gasteiger partial charge on any atom is -0.352 e. The van der Waals surface area contributed by atoms with Crippen LogP contribution < -0.4 is 5.32 Å². The Kier molecular flexibility index (Phi) is 3.40. The summed E-state index contributed by atoms with van der Waals surface area (Å²) in [6.45, 7) is 1.94. The molecule has 0 spiro atoms. The molecule has 2 aromatic rings. The first-order chi connectivity index (χ1) is 11.2. The van der Waals surface area contributed by atoms with E-state index in [4.69, 9.17) is 0 Å². The second-order valence-electron chi connectivity index (χ2n) is 6.66. The largest absolute Gasteiger partial charge is 0.352 e. The molecule has 23 heavy (non-hydrogen) atoms. The molecular formula is C19H19FN2O. The molecule has 0 radical (unpaired) electrons. The molecule has 0 aliphatic heterocycles. The van der Waals surface area contributed by atoms with Gasteiger partial charge in [-0.2, -0.15) is 0 Å². The molecule has 3 aliphatic rings. The van der Waals surface area contributed by atoms with E-state index in [0.29, 0.717) is 23.2 Å². The number of aryl methyl sites for hydroxylation is 1. The first-order valence-electron chi connectivity index (χ1n) is 8.18. The monoisotopic (exact) mass is 310 g/mol. The minimum absolute atomic E-state index is 0.273. The van der Waals surface area contributed by atoms with Crippen LogP contribution in [-0.4, -0.2) is 11.3 Å². The van der Waals surface area contributed by atoms with Crippen molar-refractivity contribution in [2.45, 2.75) is 44.4 Å². The van der Waals surface area contributed by atoms with Crippen molar-refractivity contribution in [1.29, 1.82) is 0 Å². The molecule has 2 bridgehead atoms. The van der Waals surface area contributed by atoms with Crippen LogP contribution in [0.2, 0.25) is 0 Å². The normalized spacial score (nSPS) is 21.8. The molecule has 1 N–H and O–H groups in total. The first-order valence-corrected chi connectivity index (χ1v) is 8.18. The van der Waals surface area contributed by atoms with Gasteiger partial charge in [-0.1, -0.05) is 6.07 Å². The quantitative estimate of drug-likeness (QED) is 0.825. The van der Waals surface area contributed by atoms with Crippen molar-refractivity contribution in [2.75, 3.05) is 5.32 Å². The SMILES string of the molecule is Cc1ccc(F)c(Nc2cnc(C=O)c3c2C2CCC3CC2)c1. The predicted molar refractivity (Wildman–Crippen MR) is 88.0 cm³/mol. The second-order valence-corrected chi connectivity index (χ2v) is 6.66. The second kappa shape index (κ2) is 5.44. The van der Waals surface area contributed by atoms with Gasteiger partial charge in [-0.05, 0) is 73.3 Å². The van der Waals surface area contributed by atoms with E-state index in [0.717, 1.165) is 48.8 Å². The van der Waals surface area contributed by atoms with Crippen LogP contribution in [0.15, 0.2) is 24.4 Å². The highest BCUT2D eigenvalue weighted by atomic mass is 19.1. The summed E-state index contributed by atoms with van der Waals surface area (Å²) in [7, 11) is 0. The van der Waals surface area contributed by atoms with Gasteiger partial charge in [0.2, 0.25) is 0 Å². The fourth-order valence-corrected chi connectivity index (χ4v) is 4.17. The number of aromatic nitrogens is 1. The van der Waals surface area contributed by atoms with Crippen molar-refractivity contribution in [3.05, 3.63) is 52.6 Å². The van der Waals surface area contributed by atoms with Gasteiger partial charge in [0.25, 0.3) is 0 Å². The number of carbonyl (C=O) groups is 1. The van der Waals surface area contributed by atoms with E-state index in [2.05, 4.69) is 10.3 Å². The van der Waals surface area contributed by atoms with Crippen molar-refractivity contribution in [3.63, 3.8) is 0 Å². The van der Waals surface area contributed by atoms with Crippen LogP contribution in [0.25, 0.3) is 0 Å². The average Bonchev–Trinajstić information content (AvgIpc) is 2.59. The van der Waals surface area contributed by atoms with Gasteiger partial charge in [0, 0.05) is 0 Å². The highest BCUT2D eigenvalue weighted by Gasteiger charge is 2.37. The number of anilines is 2. The van der Waals surface area contributed by atoms with Crippen LogP contribution in [0.1, 0.15) is 64.7 Å². The summed E-state index contributed by atoms with van der Waals surface area (Å²) in [5.41, 5.74) is 5.16. The maximum atomic E-state index is 14.1. The summed E-state index contributed by atoms with van der Waals surface area (Å²) in [5.74, 6) is 0.601. The number of pyridine rings is 1. The van der Waals surface area contributed by atoms with E-state index in [1.54, 1.807) is 18.3 Å². The highest BCUT2D eigenvalue weighted by molar-refractivity contribution is 5.79. The number of rotatable bonds is 3. The van der Waals surface area contributed by atoms with Gasteiger partial charge in [0.05, 0.1) is 17.6 Å². The molecule has 1 aromatic carbocycles. The lowest BCUT2D eigenvalue weighted by Crippen LogP contribution is -2.25. The molecule has 3 nitrogen and oxygen atoms in total. The summed E-state index contributed by atoms with van der Waals surface area (Å²) in [5, 5.41) is 3.22. The standard InChI is InChI=1S/C19H19FN2O/c1-11-2-7-14(20)15(8-11)22-16-9-21-17(10-23)19-13-5-3-12(4-6-13)18(16)19/h2,7-10,12-13,22H,3-6H2,1H3. The number of hydrogen-bond donors (Lipinski definition) is 1. The summed E-state index contributed by atoms with van der Waals surface area (Å²) in [6, 6.07) is 5.03. The summed E-state index contributed by atoms with van der Waals surface area (Å²) < 4.78 is 14.1. The Morgan fingerprint density at radius 1 is 1.13 bits per heavy atom. The molecule has 5 rings (SSSR count). The summed E-state index contributed by atoms with van der Waals surface area (Å²) >= 11 is 0. The molecule has 1 aromatic heterocycles. The third kappa shape index (κ3) is 2.33. The topological polar surface area (TPSA) is 42.0 Å². The van der Waals surface area contributed by atoms with Gasteiger partial charge in [-0.3, -0.25) is 9.78 Å². The lowest BCUT2D eigenvalue weighted by molar-refractivity contribution is 0.111. The smallest absolute Gasteiger partial charge is 0.168 e. The Morgan fingerprint density at radius 2 is 1.83 bits per heavy atom. The maximum Gasteiger partial charge on any atom is 0.168 e. The van der Waals surface area contributed by atoms with E-state index < -0.39 is 0 Å². The molecule has 0 atom stereocenters. The molecule has 0 amide bonds. The van der Waals surface area contributed by atoms with Crippen molar-refractivity contribution >= 4 is 17.7 Å². The van der Waals surface area contributed by atoms with Gasteiger partial charge >= 0.3 is 0 Å². The minimum atomic E-state index is -0.273. The molecule has 1 saturated carbocycles. The maximum absolute atomic E-state index is 14.1. The molecule has 4 heteroatoms. The number of carbonyl (C=O) groups excluding carboxylic acids is 1. The van der Waals surface area contributed by atoms with Crippen molar-refractivity contribution in [1.82, 2.24) is 4.98 Å². The van der Waals surface area contributed by atoms with Gasteiger partial charge < -0.3 is 5.32 Å². The Labute approximate surface area is 134 Å². The zero-order valence-corrected chi connectivity index (χ0v) is 13.1. The van der Waals surface area contributed by atoms with Gasteiger partial charge in [-0.25, -0.2) is 4.39 Å². The van der Waals surface area contributed by atoms with E-state index >= 15 is 0 Å². The van der Waals surface area contributed by atoms with E-state index in [1.807, 2.05) is 6.92 Å². The summed E-state index contributed by atoms with van der Waals surface area (Å²) in [4.78, 5) is 15.7. The fraction of sp³-hybridized carbons (Fsp3) is 0.368. The lowest BCUT2D eigenvalue weighted by atomic mass is 9.66. The number of hydrogen-bond acceptors (Lipinski definition) is 3. The van der Waals surface area contributed by atoms with Crippen LogP contribution in [0.4, 0.5) is 15.8 Å². The van der Waals surface area contributed by atoms with Crippen LogP contribution >= 0.6 is 0 Å².